The second-order valence-electron chi connectivity index (χ2n) is 12.9. The molecule has 0 aliphatic heterocycles. The predicted molar refractivity (Wildman–Crippen MR) is 217 cm³/mol. The molecule has 0 aliphatic carbocycles. The van der Waals surface area contributed by atoms with Gasteiger partial charge >= 0.3 is 0 Å². The minimum atomic E-state index is 0.600. The lowest BCUT2D eigenvalue weighted by molar-refractivity contribution is 0.669. The lowest BCUT2D eigenvalue weighted by atomic mass is 9.93. The van der Waals surface area contributed by atoms with Gasteiger partial charge in [0.1, 0.15) is 11.2 Å². The Balaban J connectivity index is 1.13. The summed E-state index contributed by atoms with van der Waals surface area (Å²) < 4.78 is 6.39. The second kappa shape index (κ2) is 13.1. The van der Waals surface area contributed by atoms with E-state index in [0.717, 1.165) is 71.7 Å². The maximum atomic E-state index is 6.39. The van der Waals surface area contributed by atoms with E-state index in [2.05, 4.69) is 123 Å². The highest BCUT2D eigenvalue weighted by atomic mass is 16.3. The van der Waals surface area contributed by atoms with Crippen LogP contribution in [0.5, 0.6) is 0 Å². The molecule has 4 nitrogen and oxygen atoms in total. The number of fused-ring (bicyclic) bond motifs is 5. The van der Waals surface area contributed by atoms with E-state index in [-0.39, 0.29) is 0 Å². The van der Waals surface area contributed by atoms with Crippen molar-refractivity contribution in [3.63, 3.8) is 0 Å². The fourth-order valence-corrected chi connectivity index (χ4v) is 6.98. The highest BCUT2D eigenvalue weighted by Crippen LogP contribution is 2.37. The summed E-state index contributed by atoms with van der Waals surface area (Å²) in [6.07, 6.45) is 6.32. The maximum absolute atomic E-state index is 6.39. The van der Waals surface area contributed by atoms with Gasteiger partial charge in [-0.2, -0.15) is 0 Å². The molecule has 9 aromatic rings. The number of benzene rings is 7. The maximum Gasteiger partial charge on any atom is 0.165 e. The summed E-state index contributed by atoms with van der Waals surface area (Å²) in [7, 11) is 0. The van der Waals surface area contributed by atoms with Gasteiger partial charge in [0.15, 0.2) is 17.5 Å². The van der Waals surface area contributed by atoms with Gasteiger partial charge in [0, 0.05) is 27.5 Å². The first-order valence-electron chi connectivity index (χ1n) is 17.4. The zero-order valence-corrected chi connectivity index (χ0v) is 28.6. The molecule has 0 atom stereocenters. The van der Waals surface area contributed by atoms with Crippen LogP contribution in [0.25, 0.3) is 88.8 Å². The largest absolute Gasteiger partial charge is 0.456 e. The summed E-state index contributed by atoms with van der Waals surface area (Å²) >= 11 is 0. The van der Waals surface area contributed by atoms with Gasteiger partial charge in [0.05, 0.1) is 0 Å². The first-order valence-corrected chi connectivity index (χ1v) is 17.4. The SMILES string of the molecule is C=C(/C=C\C(=C/C)c1ccc2c(c1)oc1cc3ccccc3cc12)c1ccc2ccccc2c1-c1nc(-c2ccccc2)nc(-c2ccccc2)n1. The van der Waals surface area contributed by atoms with Crippen LogP contribution in [0.4, 0.5) is 0 Å². The molecule has 0 unspecified atom stereocenters. The minimum absolute atomic E-state index is 0.600. The molecule has 0 spiro atoms. The molecule has 0 amide bonds. The first-order chi connectivity index (χ1) is 25.6. The summed E-state index contributed by atoms with van der Waals surface area (Å²) in [4.78, 5) is 15.1. The molecule has 52 heavy (non-hydrogen) atoms. The van der Waals surface area contributed by atoms with Crippen molar-refractivity contribution in [2.75, 3.05) is 0 Å². The van der Waals surface area contributed by atoms with Crippen LogP contribution in [0.3, 0.4) is 0 Å². The van der Waals surface area contributed by atoms with Crippen LogP contribution >= 0.6 is 0 Å². The van der Waals surface area contributed by atoms with E-state index < -0.39 is 0 Å². The van der Waals surface area contributed by atoms with Crippen LogP contribution in [0, 0.1) is 0 Å². The van der Waals surface area contributed by atoms with E-state index in [9.17, 15) is 0 Å². The van der Waals surface area contributed by atoms with E-state index in [1.807, 2.05) is 60.7 Å². The Labute approximate surface area is 301 Å². The molecule has 0 aliphatic rings. The van der Waals surface area contributed by atoms with Gasteiger partial charge in [-0.05, 0) is 75.0 Å². The van der Waals surface area contributed by atoms with E-state index in [1.54, 1.807) is 0 Å². The van der Waals surface area contributed by atoms with Crippen LogP contribution in [0.15, 0.2) is 181 Å². The highest BCUT2D eigenvalue weighted by molar-refractivity contribution is 6.10. The van der Waals surface area contributed by atoms with Crippen LogP contribution < -0.4 is 0 Å². The van der Waals surface area contributed by atoms with Gasteiger partial charge in [-0.15, -0.1) is 0 Å². The van der Waals surface area contributed by atoms with Gasteiger partial charge in [-0.1, -0.05) is 152 Å². The average molecular weight is 668 g/mol. The predicted octanol–water partition coefficient (Wildman–Crippen LogP) is 12.8. The molecule has 0 saturated heterocycles. The van der Waals surface area contributed by atoms with Crippen molar-refractivity contribution in [2.24, 2.45) is 0 Å². The Bertz CT molecular complexity index is 2810. The number of nitrogens with zero attached hydrogens (tertiary/aromatic N) is 3. The molecule has 0 bridgehead atoms. The molecule has 7 aromatic carbocycles. The third kappa shape index (κ3) is 5.66. The van der Waals surface area contributed by atoms with Crippen molar-refractivity contribution >= 4 is 54.6 Å². The molecule has 0 N–H and O–H groups in total. The van der Waals surface area contributed by atoms with Gasteiger partial charge < -0.3 is 4.42 Å². The van der Waals surface area contributed by atoms with E-state index in [0.29, 0.717) is 17.5 Å². The number of furan rings is 1. The summed E-state index contributed by atoms with van der Waals surface area (Å²) in [5.74, 6) is 1.84. The average Bonchev–Trinajstić information content (AvgIpc) is 3.56. The third-order valence-electron chi connectivity index (χ3n) is 9.65. The summed E-state index contributed by atoms with van der Waals surface area (Å²) in [5.41, 5.74) is 8.46. The smallest absolute Gasteiger partial charge is 0.165 e. The first kappa shape index (κ1) is 31.1. The number of hydrogen-bond donors (Lipinski definition) is 0. The van der Waals surface area contributed by atoms with Crippen molar-refractivity contribution in [2.45, 2.75) is 6.92 Å². The normalized spacial score (nSPS) is 12.1. The summed E-state index contributed by atoms with van der Waals surface area (Å²) in [6.45, 7) is 6.64. The molecule has 9 rings (SSSR count). The van der Waals surface area contributed by atoms with Crippen molar-refractivity contribution in [3.8, 4) is 34.2 Å². The fourth-order valence-electron chi connectivity index (χ4n) is 6.98. The number of aromatic nitrogens is 3. The lowest BCUT2D eigenvalue weighted by Gasteiger charge is -2.15. The summed E-state index contributed by atoms with van der Waals surface area (Å²) in [6, 6.07) is 51.9. The zero-order valence-electron chi connectivity index (χ0n) is 28.6. The Hall–Kier alpha value is -6.91. The molecule has 0 radical (unpaired) electrons. The molecule has 0 saturated carbocycles. The van der Waals surface area contributed by atoms with E-state index >= 15 is 0 Å². The number of rotatable bonds is 7. The van der Waals surface area contributed by atoms with E-state index in [1.165, 1.54) is 10.8 Å². The van der Waals surface area contributed by atoms with Crippen LogP contribution in [-0.2, 0) is 0 Å². The Morgan fingerprint density at radius 2 is 1.12 bits per heavy atom. The molecular weight excluding hydrogens is 635 g/mol. The Morgan fingerprint density at radius 3 is 1.81 bits per heavy atom. The fraction of sp³-hybridized carbons (Fsp3) is 0.0208. The molecule has 2 heterocycles. The third-order valence-corrected chi connectivity index (χ3v) is 9.65. The molecule has 0 fully saturated rings. The standard InChI is InChI=1S/C48H33N3O/c1-3-32(38-25-27-41-42-28-36-19-10-11-20-37(36)29-44(42)52-43(41)30-38)23-22-31(2)39-26-24-33-14-12-13-21-40(33)45(39)48-50-46(34-15-6-4-7-16-34)49-47(51-48)35-17-8-5-9-18-35/h3-30H,2H2,1H3/b23-22-,32-3+. The van der Waals surface area contributed by atoms with Gasteiger partial charge in [-0.3, -0.25) is 0 Å². The topological polar surface area (TPSA) is 51.8 Å². The lowest BCUT2D eigenvalue weighted by Crippen LogP contribution is -2.02. The highest BCUT2D eigenvalue weighted by Gasteiger charge is 2.18. The van der Waals surface area contributed by atoms with Crippen molar-refractivity contribution in [3.05, 3.63) is 188 Å². The van der Waals surface area contributed by atoms with Crippen molar-refractivity contribution < 1.29 is 4.42 Å². The molecule has 2 aromatic heterocycles. The van der Waals surface area contributed by atoms with Crippen molar-refractivity contribution in [1.82, 2.24) is 15.0 Å². The zero-order chi connectivity index (χ0) is 35.0. The monoisotopic (exact) mass is 667 g/mol. The van der Waals surface area contributed by atoms with Gasteiger partial charge in [-0.25, -0.2) is 15.0 Å². The molecule has 246 valence electrons. The van der Waals surface area contributed by atoms with Crippen LogP contribution in [0.2, 0.25) is 0 Å². The number of allylic oxidation sites excluding steroid dienone is 5. The van der Waals surface area contributed by atoms with Crippen molar-refractivity contribution in [1.29, 1.82) is 0 Å². The molecular formula is C48H33N3O. The van der Waals surface area contributed by atoms with E-state index in [4.69, 9.17) is 19.4 Å². The Morgan fingerprint density at radius 1 is 0.519 bits per heavy atom. The second-order valence-corrected chi connectivity index (χ2v) is 12.9. The Kier molecular flexibility index (Phi) is 7.83. The quantitative estimate of drug-likeness (QED) is 0.159. The van der Waals surface area contributed by atoms with Crippen LogP contribution in [0.1, 0.15) is 18.1 Å². The van der Waals surface area contributed by atoms with Crippen LogP contribution in [-0.4, -0.2) is 15.0 Å². The van der Waals surface area contributed by atoms with Gasteiger partial charge in [0.2, 0.25) is 0 Å². The summed E-state index contributed by atoms with van der Waals surface area (Å²) in [5, 5.41) is 6.75. The van der Waals surface area contributed by atoms with Gasteiger partial charge in [0.25, 0.3) is 0 Å². The minimum Gasteiger partial charge on any atom is -0.456 e. The number of hydrogen-bond acceptors (Lipinski definition) is 4. The molecule has 4 heteroatoms.